The predicted molar refractivity (Wildman–Crippen MR) is 64.8 cm³/mol. The van der Waals surface area contributed by atoms with Gasteiger partial charge in [0.25, 0.3) is 0 Å². The molecule has 0 aromatic heterocycles. The summed E-state index contributed by atoms with van der Waals surface area (Å²) >= 11 is 0. The molecule has 0 saturated heterocycles. The maximum Gasteiger partial charge on any atom is 0.0553 e. The van der Waals surface area contributed by atoms with Crippen LogP contribution < -0.4 is 0 Å². The second-order valence-electron chi connectivity index (χ2n) is 4.18. The van der Waals surface area contributed by atoms with Crippen molar-refractivity contribution in [3.8, 4) is 0 Å². The first-order valence-corrected chi connectivity index (χ1v) is 5.47. The van der Waals surface area contributed by atoms with E-state index in [1.165, 1.54) is 0 Å². The van der Waals surface area contributed by atoms with Crippen molar-refractivity contribution in [1.29, 1.82) is 0 Å². The minimum atomic E-state index is -0.532. The molecule has 0 radical (unpaired) electrons. The van der Waals surface area contributed by atoms with Gasteiger partial charge in [-0.15, -0.1) is 0 Å². The number of aliphatic hydroxyl groups excluding tert-OH is 2. The molecule has 0 saturated carbocycles. The standard InChI is InChI=1S/C14H16O2/c15-10-14(11-16)9-5-4-8-13(14)12-6-2-1-3-7-12/h1-8,15-16H,9-11H2. The summed E-state index contributed by atoms with van der Waals surface area (Å²) in [5, 5.41) is 19.1. The maximum atomic E-state index is 9.54. The summed E-state index contributed by atoms with van der Waals surface area (Å²) in [4.78, 5) is 0. The quantitative estimate of drug-likeness (QED) is 0.811. The summed E-state index contributed by atoms with van der Waals surface area (Å²) in [6.45, 7) is -0.0663. The second kappa shape index (κ2) is 4.64. The van der Waals surface area contributed by atoms with Gasteiger partial charge in [0, 0.05) is 5.41 Å². The third-order valence-electron chi connectivity index (χ3n) is 3.17. The number of rotatable bonds is 3. The molecular formula is C14H16O2. The molecule has 0 spiro atoms. The lowest BCUT2D eigenvalue weighted by Crippen LogP contribution is -2.32. The highest BCUT2D eigenvalue weighted by Crippen LogP contribution is 2.40. The predicted octanol–water partition coefficient (Wildman–Crippen LogP) is 2.00. The molecule has 0 fully saturated rings. The molecule has 0 unspecified atom stereocenters. The summed E-state index contributed by atoms with van der Waals surface area (Å²) in [5.41, 5.74) is 1.55. The molecule has 2 N–H and O–H groups in total. The molecule has 0 aliphatic heterocycles. The van der Waals surface area contributed by atoms with Crippen LogP contribution in [0.4, 0.5) is 0 Å². The Labute approximate surface area is 95.6 Å². The van der Waals surface area contributed by atoms with Crippen molar-refractivity contribution < 1.29 is 10.2 Å². The van der Waals surface area contributed by atoms with Gasteiger partial charge in [-0.25, -0.2) is 0 Å². The van der Waals surface area contributed by atoms with Crippen LogP contribution in [0.3, 0.4) is 0 Å². The second-order valence-corrected chi connectivity index (χ2v) is 4.18. The Bertz CT molecular complexity index is 400. The van der Waals surface area contributed by atoms with Crippen LogP contribution in [0.1, 0.15) is 12.0 Å². The number of allylic oxidation sites excluding steroid dienone is 3. The highest BCUT2D eigenvalue weighted by molar-refractivity contribution is 5.73. The van der Waals surface area contributed by atoms with Crippen molar-refractivity contribution in [3.05, 3.63) is 54.1 Å². The topological polar surface area (TPSA) is 40.5 Å². The van der Waals surface area contributed by atoms with Crippen molar-refractivity contribution in [2.24, 2.45) is 5.41 Å². The zero-order valence-electron chi connectivity index (χ0n) is 9.13. The lowest BCUT2D eigenvalue weighted by Gasteiger charge is -2.33. The molecule has 1 aliphatic rings. The average molecular weight is 216 g/mol. The van der Waals surface area contributed by atoms with E-state index in [0.29, 0.717) is 6.42 Å². The Balaban J connectivity index is 2.44. The van der Waals surface area contributed by atoms with Crippen LogP contribution in [0.25, 0.3) is 5.57 Å². The Morgan fingerprint density at radius 1 is 1.06 bits per heavy atom. The molecule has 0 heterocycles. The summed E-state index contributed by atoms with van der Waals surface area (Å²) in [6, 6.07) is 9.90. The lowest BCUT2D eigenvalue weighted by molar-refractivity contribution is 0.103. The summed E-state index contributed by atoms with van der Waals surface area (Å²) in [7, 11) is 0. The number of hydrogen-bond acceptors (Lipinski definition) is 2. The van der Waals surface area contributed by atoms with E-state index in [1.807, 2.05) is 48.6 Å². The first-order chi connectivity index (χ1) is 7.82. The van der Waals surface area contributed by atoms with Crippen molar-refractivity contribution >= 4 is 5.57 Å². The number of benzene rings is 1. The van der Waals surface area contributed by atoms with Crippen LogP contribution in [0, 0.1) is 5.41 Å². The van der Waals surface area contributed by atoms with E-state index in [1.54, 1.807) is 0 Å². The molecule has 0 amide bonds. The first kappa shape index (κ1) is 11.1. The van der Waals surface area contributed by atoms with E-state index >= 15 is 0 Å². The molecule has 0 bridgehead atoms. The van der Waals surface area contributed by atoms with Crippen molar-refractivity contribution in [3.63, 3.8) is 0 Å². The maximum absolute atomic E-state index is 9.54. The lowest BCUT2D eigenvalue weighted by atomic mass is 9.73. The average Bonchev–Trinajstić information content (AvgIpc) is 2.39. The number of aliphatic hydroxyl groups is 2. The third kappa shape index (κ3) is 1.82. The normalized spacial score (nSPS) is 18.2. The van der Waals surface area contributed by atoms with Gasteiger partial charge in [0.15, 0.2) is 0 Å². The largest absolute Gasteiger partial charge is 0.395 e. The molecule has 1 aromatic carbocycles. The molecule has 2 heteroatoms. The summed E-state index contributed by atoms with van der Waals surface area (Å²) in [5.74, 6) is 0. The zero-order chi connectivity index (χ0) is 11.4. The van der Waals surface area contributed by atoms with Gasteiger partial charge < -0.3 is 10.2 Å². The van der Waals surface area contributed by atoms with Gasteiger partial charge in [-0.1, -0.05) is 48.6 Å². The highest BCUT2D eigenvalue weighted by atomic mass is 16.3. The van der Waals surface area contributed by atoms with Gasteiger partial charge >= 0.3 is 0 Å². The van der Waals surface area contributed by atoms with E-state index in [4.69, 9.17) is 0 Å². The highest BCUT2D eigenvalue weighted by Gasteiger charge is 2.33. The van der Waals surface area contributed by atoms with E-state index < -0.39 is 5.41 Å². The van der Waals surface area contributed by atoms with Gasteiger partial charge in [-0.2, -0.15) is 0 Å². The molecular weight excluding hydrogens is 200 g/mol. The van der Waals surface area contributed by atoms with E-state index in [9.17, 15) is 10.2 Å². The SMILES string of the molecule is OCC1(CO)CC=CC=C1c1ccccc1. The third-order valence-corrected chi connectivity index (χ3v) is 3.17. The van der Waals surface area contributed by atoms with E-state index in [2.05, 4.69) is 0 Å². The summed E-state index contributed by atoms with van der Waals surface area (Å²) < 4.78 is 0. The molecule has 1 aliphatic carbocycles. The molecule has 2 rings (SSSR count). The van der Waals surface area contributed by atoms with Crippen LogP contribution in [0.15, 0.2) is 48.6 Å². The van der Waals surface area contributed by atoms with Gasteiger partial charge in [-0.05, 0) is 17.6 Å². The van der Waals surface area contributed by atoms with Crippen molar-refractivity contribution in [1.82, 2.24) is 0 Å². The fourth-order valence-corrected chi connectivity index (χ4v) is 2.11. The van der Waals surface area contributed by atoms with E-state index in [-0.39, 0.29) is 13.2 Å². The van der Waals surface area contributed by atoms with Gasteiger partial charge in [0.05, 0.1) is 13.2 Å². The minimum Gasteiger partial charge on any atom is -0.395 e. The Kier molecular flexibility index (Phi) is 3.22. The fourth-order valence-electron chi connectivity index (χ4n) is 2.11. The molecule has 0 atom stereocenters. The molecule has 84 valence electrons. The van der Waals surface area contributed by atoms with Crippen LogP contribution >= 0.6 is 0 Å². The summed E-state index contributed by atoms with van der Waals surface area (Å²) in [6.07, 6.45) is 6.62. The Morgan fingerprint density at radius 2 is 1.75 bits per heavy atom. The molecule has 1 aromatic rings. The monoisotopic (exact) mass is 216 g/mol. The van der Waals surface area contributed by atoms with Crippen molar-refractivity contribution in [2.75, 3.05) is 13.2 Å². The molecule has 2 nitrogen and oxygen atoms in total. The smallest absolute Gasteiger partial charge is 0.0553 e. The van der Waals surface area contributed by atoms with Gasteiger partial charge in [0.2, 0.25) is 0 Å². The number of hydrogen-bond donors (Lipinski definition) is 2. The van der Waals surface area contributed by atoms with Crippen LogP contribution in [0.2, 0.25) is 0 Å². The fraction of sp³-hybridized carbons (Fsp3) is 0.286. The Hall–Kier alpha value is -1.38. The van der Waals surface area contributed by atoms with Crippen LogP contribution in [-0.2, 0) is 0 Å². The minimum absolute atomic E-state index is 0.0332. The first-order valence-electron chi connectivity index (χ1n) is 5.47. The van der Waals surface area contributed by atoms with Crippen molar-refractivity contribution in [2.45, 2.75) is 6.42 Å². The Morgan fingerprint density at radius 3 is 2.38 bits per heavy atom. The van der Waals surface area contributed by atoms with E-state index in [0.717, 1.165) is 11.1 Å². The van der Waals surface area contributed by atoms with Crippen LogP contribution in [0.5, 0.6) is 0 Å². The molecule has 16 heavy (non-hydrogen) atoms. The van der Waals surface area contributed by atoms with Gasteiger partial charge in [0.1, 0.15) is 0 Å². The van der Waals surface area contributed by atoms with Crippen LogP contribution in [-0.4, -0.2) is 23.4 Å². The van der Waals surface area contributed by atoms with Gasteiger partial charge in [-0.3, -0.25) is 0 Å². The zero-order valence-corrected chi connectivity index (χ0v) is 9.13.